The van der Waals surface area contributed by atoms with Gasteiger partial charge in [0, 0.05) is 12.4 Å². The van der Waals surface area contributed by atoms with Crippen molar-refractivity contribution in [1.82, 2.24) is 25.4 Å². The Morgan fingerprint density at radius 2 is 1.88 bits per heavy atom. The zero-order valence-corrected chi connectivity index (χ0v) is 8.16. The van der Waals surface area contributed by atoms with Crippen molar-refractivity contribution >= 4 is 11.6 Å². The summed E-state index contributed by atoms with van der Waals surface area (Å²) in [5, 5.41) is 0. The first kappa shape index (κ1) is 9.97. The summed E-state index contributed by atoms with van der Waals surface area (Å²) in [5.41, 5.74) is 5.91. The Morgan fingerprint density at radius 3 is 2.56 bits per heavy atom. The van der Waals surface area contributed by atoms with Gasteiger partial charge in [-0.15, -0.1) is 0 Å². The Labute approximate surface area is 91.0 Å². The van der Waals surface area contributed by atoms with Gasteiger partial charge in [0.15, 0.2) is 0 Å². The highest BCUT2D eigenvalue weighted by molar-refractivity contribution is 5.92. The topological polar surface area (TPSA) is 92.7 Å². The van der Waals surface area contributed by atoms with E-state index in [1.165, 1.54) is 37.3 Å². The van der Waals surface area contributed by atoms with Gasteiger partial charge >= 0.3 is 0 Å². The van der Waals surface area contributed by atoms with Crippen molar-refractivity contribution < 1.29 is 4.79 Å². The first-order chi connectivity index (χ1) is 7.86. The smallest absolute Gasteiger partial charge is 0.289 e. The number of nitrogens with one attached hydrogen (secondary N) is 2. The molecule has 1 amide bonds. The largest absolute Gasteiger partial charge is 0.295 e. The Kier molecular flexibility index (Phi) is 2.98. The zero-order chi connectivity index (χ0) is 11.2. The van der Waals surface area contributed by atoms with Crippen LogP contribution in [0.5, 0.6) is 0 Å². The second kappa shape index (κ2) is 4.78. The van der Waals surface area contributed by atoms with Gasteiger partial charge in [0.25, 0.3) is 5.91 Å². The predicted octanol–water partition coefficient (Wildman–Crippen LogP) is 0.0235. The molecule has 16 heavy (non-hydrogen) atoms. The summed E-state index contributed by atoms with van der Waals surface area (Å²) < 4.78 is 0. The zero-order valence-electron chi connectivity index (χ0n) is 8.16. The minimum atomic E-state index is -0.378. The number of rotatable bonds is 3. The molecule has 0 aliphatic rings. The molecule has 0 radical (unpaired) electrons. The fraction of sp³-hybridized carbons (Fsp3) is 0. The van der Waals surface area contributed by atoms with E-state index >= 15 is 0 Å². The molecule has 0 aliphatic carbocycles. The Bertz CT molecular complexity index is 460. The Morgan fingerprint density at radius 1 is 1.06 bits per heavy atom. The second-order valence-corrected chi connectivity index (χ2v) is 2.80. The number of carbonyl (C=O) groups is 1. The van der Waals surface area contributed by atoms with Crippen molar-refractivity contribution in [2.75, 3.05) is 5.43 Å². The van der Waals surface area contributed by atoms with Crippen LogP contribution in [0.4, 0.5) is 5.69 Å². The van der Waals surface area contributed by atoms with E-state index in [-0.39, 0.29) is 11.6 Å². The maximum atomic E-state index is 11.5. The van der Waals surface area contributed by atoms with Crippen LogP contribution in [0.25, 0.3) is 0 Å². The number of hydrogen-bond acceptors (Lipinski definition) is 6. The molecule has 0 bridgehead atoms. The first-order valence-corrected chi connectivity index (χ1v) is 4.43. The number of amides is 1. The highest BCUT2D eigenvalue weighted by Gasteiger charge is 2.05. The van der Waals surface area contributed by atoms with Crippen molar-refractivity contribution in [3.63, 3.8) is 0 Å². The molecule has 0 aromatic carbocycles. The molecule has 0 unspecified atom stereocenters. The van der Waals surface area contributed by atoms with Gasteiger partial charge in [-0.1, -0.05) is 0 Å². The van der Waals surface area contributed by atoms with Crippen LogP contribution in [0.15, 0.2) is 37.3 Å². The lowest BCUT2D eigenvalue weighted by Gasteiger charge is -2.06. The summed E-state index contributed by atoms with van der Waals surface area (Å²) in [6.45, 7) is 0. The van der Waals surface area contributed by atoms with E-state index in [4.69, 9.17) is 0 Å². The summed E-state index contributed by atoms with van der Waals surface area (Å²) >= 11 is 0. The van der Waals surface area contributed by atoms with Crippen LogP contribution < -0.4 is 10.9 Å². The van der Waals surface area contributed by atoms with Gasteiger partial charge in [0.05, 0.1) is 24.3 Å². The average Bonchev–Trinajstić information content (AvgIpc) is 2.38. The molecule has 2 aromatic heterocycles. The normalized spacial score (nSPS) is 9.50. The standard InChI is InChI=1S/C9H8N6O/c16-9(8-5-10-1-2-13-8)15-14-7-3-11-6-12-4-7/h1-6,14H,(H,15,16). The van der Waals surface area contributed by atoms with Crippen molar-refractivity contribution in [3.05, 3.63) is 43.0 Å². The van der Waals surface area contributed by atoms with Crippen molar-refractivity contribution in [2.45, 2.75) is 0 Å². The third-order valence-corrected chi connectivity index (χ3v) is 1.68. The van der Waals surface area contributed by atoms with Gasteiger partial charge in [0.2, 0.25) is 0 Å². The lowest BCUT2D eigenvalue weighted by atomic mass is 10.4. The number of hydrogen-bond donors (Lipinski definition) is 2. The third-order valence-electron chi connectivity index (χ3n) is 1.68. The number of anilines is 1. The number of carbonyl (C=O) groups excluding carboxylic acids is 1. The molecule has 2 aromatic rings. The van der Waals surface area contributed by atoms with E-state index in [9.17, 15) is 4.79 Å². The van der Waals surface area contributed by atoms with E-state index in [0.717, 1.165) is 0 Å². The van der Waals surface area contributed by atoms with E-state index in [1.807, 2.05) is 0 Å². The molecule has 2 heterocycles. The quantitative estimate of drug-likeness (QED) is 0.703. The van der Waals surface area contributed by atoms with E-state index < -0.39 is 0 Å². The third kappa shape index (κ3) is 2.47. The molecule has 7 nitrogen and oxygen atoms in total. The number of hydrazine groups is 1. The first-order valence-electron chi connectivity index (χ1n) is 4.43. The SMILES string of the molecule is O=C(NNc1cncnc1)c1cnccn1. The molecule has 2 N–H and O–H groups in total. The van der Waals surface area contributed by atoms with Crippen LogP contribution in [0.2, 0.25) is 0 Å². The highest BCUT2D eigenvalue weighted by atomic mass is 16.2. The van der Waals surface area contributed by atoms with E-state index in [0.29, 0.717) is 5.69 Å². The molecule has 80 valence electrons. The van der Waals surface area contributed by atoms with E-state index in [1.54, 1.807) is 0 Å². The number of aromatic nitrogens is 4. The maximum absolute atomic E-state index is 11.5. The van der Waals surface area contributed by atoms with Crippen molar-refractivity contribution in [1.29, 1.82) is 0 Å². The maximum Gasteiger partial charge on any atom is 0.289 e. The van der Waals surface area contributed by atoms with Crippen LogP contribution in [0.1, 0.15) is 10.5 Å². The summed E-state index contributed by atoms with van der Waals surface area (Å²) in [4.78, 5) is 26.7. The van der Waals surface area contributed by atoms with E-state index in [2.05, 4.69) is 30.8 Å². The molecule has 0 saturated heterocycles. The summed E-state index contributed by atoms with van der Waals surface area (Å²) in [7, 11) is 0. The molecule has 0 aliphatic heterocycles. The fourth-order valence-corrected chi connectivity index (χ4v) is 0.973. The molecule has 2 rings (SSSR count). The molecule has 0 fully saturated rings. The minimum Gasteiger partial charge on any atom is -0.295 e. The van der Waals surface area contributed by atoms with Gasteiger partial charge < -0.3 is 0 Å². The summed E-state index contributed by atoms with van der Waals surface area (Å²) in [6.07, 6.45) is 8.78. The molecular weight excluding hydrogens is 208 g/mol. The van der Waals surface area contributed by atoms with Crippen LogP contribution >= 0.6 is 0 Å². The van der Waals surface area contributed by atoms with Crippen LogP contribution in [0, 0.1) is 0 Å². The van der Waals surface area contributed by atoms with Gasteiger partial charge in [0.1, 0.15) is 12.0 Å². The Hall–Kier alpha value is -2.57. The molecule has 7 heteroatoms. The second-order valence-electron chi connectivity index (χ2n) is 2.80. The molecule has 0 atom stereocenters. The summed E-state index contributed by atoms with van der Waals surface area (Å²) in [6, 6.07) is 0. The van der Waals surface area contributed by atoms with Crippen LogP contribution in [-0.2, 0) is 0 Å². The predicted molar refractivity (Wildman–Crippen MR) is 55.2 cm³/mol. The Balaban J connectivity index is 1.95. The molecule has 0 saturated carbocycles. The van der Waals surface area contributed by atoms with Crippen LogP contribution in [-0.4, -0.2) is 25.8 Å². The lowest BCUT2D eigenvalue weighted by molar-refractivity contribution is 0.0957. The number of nitrogens with zero attached hydrogens (tertiary/aromatic N) is 4. The van der Waals surface area contributed by atoms with Gasteiger partial charge in [-0.05, 0) is 0 Å². The van der Waals surface area contributed by atoms with Gasteiger partial charge in [-0.3, -0.25) is 20.6 Å². The van der Waals surface area contributed by atoms with Crippen molar-refractivity contribution in [2.24, 2.45) is 0 Å². The highest BCUT2D eigenvalue weighted by Crippen LogP contribution is 1.98. The fourth-order valence-electron chi connectivity index (χ4n) is 0.973. The van der Waals surface area contributed by atoms with Gasteiger partial charge in [-0.25, -0.2) is 15.0 Å². The minimum absolute atomic E-state index is 0.229. The summed E-state index contributed by atoms with van der Waals surface area (Å²) in [5.74, 6) is -0.378. The lowest BCUT2D eigenvalue weighted by Crippen LogP contribution is -2.30. The monoisotopic (exact) mass is 216 g/mol. The average molecular weight is 216 g/mol. The van der Waals surface area contributed by atoms with Gasteiger partial charge in [-0.2, -0.15) is 0 Å². The van der Waals surface area contributed by atoms with Crippen LogP contribution in [0.3, 0.4) is 0 Å². The molecular formula is C9H8N6O. The van der Waals surface area contributed by atoms with Crippen molar-refractivity contribution in [3.8, 4) is 0 Å². The molecule has 0 spiro atoms.